The Morgan fingerprint density at radius 2 is 1.76 bits per heavy atom. The first-order chi connectivity index (χ1) is 13.1. The molecule has 20 heteroatoms. The van der Waals surface area contributed by atoms with Crippen LogP contribution in [-0.2, 0) is 31.6 Å². The molecule has 1 aromatic heterocycles. The van der Waals surface area contributed by atoms with E-state index in [1.54, 1.807) is 0 Å². The number of nitrogens with zero attached hydrogens (tertiary/aromatic N) is 2. The average Bonchev–Trinajstić information content (AvgIpc) is 2.50. The molecule has 0 aliphatic heterocycles. The normalized spacial score (nSPS) is 18.9. The van der Waals surface area contributed by atoms with Gasteiger partial charge in [0.25, 0.3) is 0 Å². The lowest BCUT2D eigenvalue weighted by atomic mass is 10.2. The van der Waals surface area contributed by atoms with Crippen LogP contribution in [0.1, 0.15) is 6.23 Å². The molecule has 4 atom stereocenters. The number of hydrogen-bond donors (Lipinski definition) is 7. The maximum atomic E-state index is 11.7. The summed E-state index contributed by atoms with van der Waals surface area (Å²) in [5.74, 6) is -0.967. The van der Waals surface area contributed by atoms with Crippen LogP contribution in [0, 0.1) is 0 Å². The number of hydrogen-bond acceptors (Lipinski definition) is 12. The monoisotopic (exact) mass is 483 g/mol. The van der Waals surface area contributed by atoms with Crippen LogP contribution >= 0.6 is 23.5 Å². The summed E-state index contributed by atoms with van der Waals surface area (Å²) in [5, 5.41) is 20.0. The smallest absolute Gasteiger partial charge is 0.495 e. The number of aromatic nitrogens is 2. The molecule has 0 amide bonds. The van der Waals surface area contributed by atoms with Crippen molar-refractivity contribution in [1.82, 2.24) is 9.55 Å². The minimum absolute atomic E-state index is 0.169. The molecule has 29 heavy (non-hydrogen) atoms. The minimum atomic E-state index is -5.75. The molecule has 166 valence electrons. The lowest BCUT2D eigenvalue weighted by molar-refractivity contribution is -0.0367. The first-order valence-corrected chi connectivity index (χ1v) is 11.4. The van der Waals surface area contributed by atoms with Crippen molar-refractivity contribution < 1.29 is 61.4 Å². The van der Waals surface area contributed by atoms with Gasteiger partial charge in [-0.3, -0.25) is 9.46 Å². The molecule has 0 bridgehead atoms. The van der Waals surface area contributed by atoms with Crippen molar-refractivity contribution >= 4 is 29.3 Å². The van der Waals surface area contributed by atoms with Gasteiger partial charge in [-0.05, 0) is 6.07 Å². The second kappa shape index (κ2) is 9.47. The van der Waals surface area contributed by atoms with Gasteiger partial charge in [0, 0.05) is 6.20 Å². The fourth-order valence-corrected chi connectivity index (χ4v) is 4.48. The summed E-state index contributed by atoms with van der Waals surface area (Å²) in [5.41, 5.74) is 4.20. The molecule has 0 aliphatic rings. The number of anilines is 1. The van der Waals surface area contributed by atoms with Crippen molar-refractivity contribution in [3.05, 3.63) is 34.8 Å². The predicted molar refractivity (Wildman–Crippen MR) is 90.2 cm³/mol. The number of aliphatic hydroxyl groups is 2. The van der Waals surface area contributed by atoms with Crippen molar-refractivity contribution in [2.75, 3.05) is 12.8 Å². The molecular weight excluding hydrogens is 467 g/mol. The molecule has 0 saturated heterocycles. The summed E-state index contributed by atoms with van der Waals surface area (Å²) in [6.45, 7) is 0. The number of aliphatic hydroxyl groups excluding tert-OH is 2. The topological polar surface area (TPSA) is 270 Å². The van der Waals surface area contributed by atoms with E-state index in [4.69, 9.17) is 20.4 Å². The SMILES string of the molecule is CO/C(=C/OP(=O)(O)OP(=O)(O)OP(=O)(O)O)[C@@H](O)[C@@H](O)n1ccc(N)nc1=O. The largest absolute Gasteiger partial charge is 0.535 e. The van der Waals surface area contributed by atoms with Gasteiger partial charge in [-0.1, -0.05) is 0 Å². The van der Waals surface area contributed by atoms with E-state index in [9.17, 15) is 33.6 Å². The molecular formula is C9H16N3O14P3. The fraction of sp³-hybridized carbons (Fsp3) is 0.333. The molecule has 0 spiro atoms. The van der Waals surface area contributed by atoms with Gasteiger partial charge in [-0.2, -0.15) is 13.6 Å². The lowest BCUT2D eigenvalue weighted by Crippen LogP contribution is -2.35. The third-order valence-electron chi connectivity index (χ3n) is 2.66. The Balaban J connectivity index is 2.98. The summed E-state index contributed by atoms with van der Waals surface area (Å²) in [4.78, 5) is 50.1. The van der Waals surface area contributed by atoms with Gasteiger partial charge in [0.05, 0.1) is 7.11 Å². The Morgan fingerprint density at radius 1 is 1.17 bits per heavy atom. The molecule has 1 rings (SSSR count). The van der Waals surface area contributed by atoms with E-state index < -0.39 is 47.2 Å². The molecule has 0 aromatic carbocycles. The zero-order valence-corrected chi connectivity index (χ0v) is 16.8. The molecule has 1 heterocycles. The van der Waals surface area contributed by atoms with Crippen LogP contribution < -0.4 is 11.4 Å². The van der Waals surface area contributed by atoms with Gasteiger partial charge < -0.3 is 39.9 Å². The average molecular weight is 483 g/mol. The first-order valence-electron chi connectivity index (χ1n) is 6.84. The Kier molecular flexibility index (Phi) is 8.30. The fourth-order valence-electron chi connectivity index (χ4n) is 1.58. The van der Waals surface area contributed by atoms with Crippen LogP contribution in [0.4, 0.5) is 5.82 Å². The quantitative estimate of drug-likeness (QED) is 0.147. The number of ether oxygens (including phenoxy) is 1. The Morgan fingerprint density at radius 3 is 2.24 bits per heavy atom. The van der Waals surface area contributed by atoms with E-state index in [-0.39, 0.29) is 12.1 Å². The Hall–Kier alpha value is -1.61. The highest BCUT2D eigenvalue weighted by atomic mass is 31.3. The van der Waals surface area contributed by atoms with Crippen LogP contribution in [0.5, 0.6) is 0 Å². The Labute approximate surface area is 161 Å². The molecule has 0 fully saturated rings. The van der Waals surface area contributed by atoms with Crippen molar-refractivity contribution in [2.45, 2.75) is 12.3 Å². The molecule has 8 N–H and O–H groups in total. The lowest BCUT2D eigenvalue weighted by Gasteiger charge is -2.21. The van der Waals surface area contributed by atoms with E-state index in [2.05, 4.69) is 22.9 Å². The third kappa shape index (κ3) is 8.34. The van der Waals surface area contributed by atoms with Crippen LogP contribution in [0.15, 0.2) is 29.1 Å². The van der Waals surface area contributed by atoms with Gasteiger partial charge in [0.2, 0.25) is 0 Å². The zero-order valence-electron chi connectivity index (χ0n) is 14.1. The van der Waals surface area contributed by atoms with E-state index in [0.29, 0.717) is 4.57 Å². The summed E-state index contributed by atoms with van der Waals surface area (Å²) in [6.07, 6.45) is -3.02. The summed E-state index contributed by atoms with van der Waals surface area (Å²) >= 11 is 0. The molecule has 0 radical (unpaired) electrons. The van der Waals surface area contributed by atoms with Crippen molar-refractivity contribution in [1.29, 1.82) is 0 Å². The number of methoxy groups -OCH3 is 1. The van der Waals surface area contributed by atoms with E-state index in [1.807, 2.05) is 0 Å². The zero-order chi connectivity index (χ0) is 22.6. The van der Waals surface area contributed by atoms with E-state index in [1.165, 1.54) is 0 Å². The van der Waals surface area contributed by atoms with Crippen LogP contribution in [0.25, 0.3) is 0 Å². The first kappa shape index (κ1) is 25.4. The maximum Gasteiger partial charge on any atom is 0.535 e. The van der Waals surface area contributed by atoms with E-state index >= 15 is 0 Å². The van der Waals surface area contributed by atoms with Gasteiger partial charge in [-0.15, -0.1) is 0 Å². The predicted octanol–water partition coefficient (Wildman–Crippen LogP) is -1.49. The summed E-state index contributed by atoms with van der Waals surface area (Å²) < 4.78 is 49.6. The van der Waals surface area contributed by atoms with E-state index in [0.717, 1.165) is 19.4 Å². The number of nitrogens with two attached hydrogens (primary N) is 1. The van der Waals surface area contributed by atoms with Crippen molar-refractivity contribution in [3.63, 3.8) is 0 Å². The summed E-state index contributed by atoms with van der Waals surface area (Å²) in [7, 11) is -16.0. The number of phosphoric ester groups is 1. The molecule has 17 nitrogen and oxygen atoms in total. The highest BCUT2D eigenvalue weighted by molar-refractivity contribution is 7.66. The maximum absolute atomic E-state index is 11.7. The van der Waals surface area contributed by atoms with Gasteiger partial charge >= 0.3 is 29.2 Å². The number of phosphoric acid groups is 3. The van der Waals surface area contributed by atoms with Gasteiger partial charge in [0.15, 0.2) is 18.1 Å². The summed E-state index contributed by atoms with van der Waals surface area (Å²) in [6, 6.07) is 1.11. The molecule has 2 unspecified atom stereocenters. The van der Waals surface area contributed by atoms with Crippen molar-refractivity contribution in [2.24, 2.45) is 0 Å². The van der Waals surface area contributed by atoms with Crippen LogP contribution in [0.2, 0.25) is 0 Å². The molecule has 1 aromatic rings. The van der Waals surface area contributed by atoms with Gasteiger partial charge in [-0.25, -0.2) is 18.5 Å². The van der Waals surface area contributed by atoms with Crippen LogP contribution in [-0.4, -0.2) is 52.6 Å². The minimum Gasteiger partial charge on any atom is -0.495 e. The highest BCUT2D eigenvalue weighted by Crippen LogP contribution is 2.66. The molecule has 0 aliphatic carbocycles. The van der Waals surface area contributed by atoms with Crippen LogP contribution in [0.3, 0.4) is 0 Å². The highest BCUT2D eigenvalue weighted by Gasteiger charge is 2.41. The standard InChI is InChI=1S/C9H16N3O14P3/c1-23-5(7(13)8(14)12-3-2-6(10)11-9(12)15)4-24-28(19,20)26-29(21,22)25-27(16,17)18/h2-4,7-8,13-14H,1H3,(H,19,20)(H,21,22)(H2,10,11,15)(H2,16,17,18)/b5-4+/t7-,8-/m1/s1. The second-order valence-corrected chi connectivity index (χ2v) is 9.19. The molecule has 0 saturated carbocycles. The van der Waals surface area contributed by atoms with Crippen molar-refractivity contribution in [3.8, 4) is 0 Å². The van der Waals surface area contributed by atoms with Gasteiger partial charge in [0.1, 0.15) is 12.1 Å². The second-order valence-electron chi connectivity index (χ2n) is 4.82. The number of rotatable bonds is 10. The Bertz CT molecular complexity index is 955. The number of nitrogen functional groups attached to an aromatic ring is 1. The third-order valence-corrected chi connectivity index (χ3v) is 6.36.